The van der Waals surface area contributed by atoms with E-state index in [2.05, 4.69) is 43.4 Å². The molecule has 1 atom stereocenters. The van der Waals surface area contributed by atoms with Crippen molar-refractivity contribution in [3.63, 3.8) is 0 Å². The number of halogens is 1. The van der Waals surface area contributed by atoms with Crippen LogP contribution < -0.4 is 5.32 Å². The van der Waals surface area contributed by atoms with Gasteiger partial charge in [0.15, 0.2) is 0 Å². The zero-order chi connectivity index (χ0) is 25.2. The Labute approximate surface area is 214 Å². The van der Waals surface area contributed by atoms with Crippen molar-refractivity contribution >= 4 is 23.4 Å². The summed E-state index contributed by atoms with van der Waals surface area (Å²) in [7, 11) is 0. The molecule has 5 heteroatoms. The molecule has 0 aromatic heterocycles. The predicted octanol–water partition coefficient (Wildman–Crippen LogP) is 5.99. The van der Waals surface area contributed by atoms with E-state index in [9.17, 15) is 9.59 Å². The Kier molecular flexibility index (Phi) is 9.92. The van der Waals surface area contributed by atoms with E-state index in [1.165, 1.54) is 5.56 Å². The quantitative estimate of drug-likeness (QED) is 0.358. The van der Waals surface area contributed by atoms with Crippen LogP contribution in [0.15, 0.2) is 78.9 Å². The van der Waals surface area contributed by atoms with Crippen molar-refractivity contribution in [1.82, 2.24) is 10.2 Å². The van der Waals surface area contributed by atoms with Gasteiger partial charge in [0, 0.05) is 31.0 Å². The lowest BCUT2D eigenvalue weighted by Crippen LogP contribution is -2.51. The first-order valence-corrected chi connectivity index (χ1v) is 12.6. The van der Waals surface area contributed by atoms with Gasteiger partial charge >= 0.3 is 0 Å². The molecular weight excluding hydrogens is 456 g/mol. The molecule has 184 valence electrons. The smallest absolute Gasteiger partial charge is 0.243 e. The maximum absolute atomic E-state index is 13.6. The van der Waals surface area contributed by atoms with Crippen molar-refractivity contribution in [2.45, 2.75) is 52.6 Å². The summed E-state index contributed by atoms with van der Waals surface area (Å²) in [6.07, 6.45) is 1.41. The van der Waals surface area contributed by atoms with Gasteiger partial charge in [0.2, 0.25) is 11.8 Å². The molecule has 35 heavy (non-hydrogen) atoms. The van der Waals surface area contributed by atoms with Gasteiger partial charge in [-0.3, -0.25) is 9.59 Å². The van der Waals surface area contributed by atoms with Crippen molar-refractivity contribution in [2.75, 3.05) is 6.54 Å². The van der Waals surface area contributed by atoms with Gasteiger partial charge in [0.25, 0.3) is 0 Å². The van der Waals surface area contributed by atoms with Crippen LogP contribution in [-0.4, -0.2) is 29.3 Å². The van der Waals surface area contributed by atoms with Crippen LogP contribution in [0, 0.1) is 12.8 Å². The molecule has 0 saturated carbocycles. The highest BCUT2D eigenvalue weighted by Gasteiger charge is 2.30. The lowest BCUT2D eigenvalue weighted by Gasteiger charge is -2.32. The average Bonchev–Trinajstić information content (AvgIpc) is 2.86. The van der Waals surface area contributed by atoms with Crippen LogP contribution in [0.25, 0.3) is 0 Å². The summed E-state index contributed by atoms with van der Waals surface area (Å²) in [5.41, 5.74) is 4.26. The summed E-state index contributed by atoms with van der Waals surface area (Å²) in [5, 5.41) is 3.70. The summed E-state index contributed by atoms with van der Waals surface area (Å²) in [6, 6.07) is 24.9. The average molecular weight is 491 g/mol. The monoisotopic (exact) mass is 490 g/mol. The van der Waals surface area contributed by atoms with Gasteiger partial charge in [-0.2, -0.15) is 0 Å². The largest absolute Gasteiger partial charge is 0.354 e. The fourth-order valence-corrected chi connectivity index (χ4v) is 4.04. The summed E-state index contributed by atoms with van der Waals surface area (Å²) in [5.74, 6) is 0.152. The number of amides is 2. The third-order valence-electron chi connectivity index (χ3n) is 5.97. The van der Waals surface area contributed by atoms with Crippen LogP contribution >= 0.6 is 11.6 Å². The van der Waals surface area contributed by atoms with Crippen molar-refractivity contribution < 1.29 is 9.59 Å². The van der Waals surface area contributed by atoms with Gasteiger partial charge < -0.3 is 10.2 Å². The number of nitrogens with zero attached hydrogens (tertiary/aromatic N) is 1. The molecule has 0 spiro atoms. The molecule has 0 heterocycles. The number of benzene rings is 3. The summed E-state index contributed by atoms with van der Waals surface area (Å²) in [6.45, 7) is 7.08. The normalized spacial score (nSPS) is 11.8. The Morgan fingerprint density at radius 3 is 2.11 bits per heavy atom. The first kappa shape index (κ1) is 26.5. The van der Waals surface area contributed by atoms with E-state index in [1.54, 1.807) is 4.90 Å². The molecule has 2 amide bonds. The molecule has 3 aromatic carbocycles. The highest BCUT2D eigenvalue weighted by Crippen LogP contribution is 2.18. The van der Waals surface area contributed by atoms with Crippen LogP contribution in [-0.2, 0) is 29.0 Å². The second-order valence-corrected chi connectivity index (χ2v) is 9.91. The molecule has 4 nitrogen and oxygen atoms in total. The SMILES string of the molecule is Cc1ccc(CCC(=O)N(Cc2ccc(Cl)cc2)C(Cc2ccccc2)C(=O)NCC(C)C)cc1. The molecular formula is C30H35ClN2O2. The van der Waals surface area contributed by atoms with Gasteiger partial charge in [-0.15, -0.1) is 0 Å². The Morgan fingerprint density at radius 2 is 1.49 bits per heavy atom. The van der Waals surface area contributed by atoms with Gasteiger partial charge in [-0.1, -0.05) is 97.7 Å². The predicted molar refractivity (Wildman–Crippen MR) is 143 cm³/mol. The second kappa shape index (κ2) is 13.1. The molecule has 0 aliphatic carbocycles. The second-order valence-electron chi connectivity index (χ2n) is 9.48. The number of nitrogens with one attached hydrogen (secondary N) is 1. The minimum Gasteiger partial charge on any atom is -0.354 e. The highest BCUT2D eigenvalue weighted by molar-refractivity contribution is 6.30. The minimum atomic E-state index is -0.614. The van der Waals surface area contributed by atoms with E-state index in [-0.39, 0.29) is 11.8 Å². The zero-order valence-electron chi connectivity index (χ0n) is 20.8. The van der Waals surface area contributed by atoms with E-state index < -0.39 is 6.04 Å². The Morgan fingerprint density at radius 1 is 0.857 bits per heavy atom. The van der Waals surface area contributed by atoms with E-state index in [1.807, 2.05) is 61.5 Å². The number of carbonyl (C=O) groups is 2. The lowest BCUT2D eigenvalue weighted by molar-refractivity contribution is -0.141. The van der Waals surface area contributed by atoms with E-state index in [0.717, 1.165) is 16.7 Å². The Hall–Kier alpha value is -3.11. The first-order valence-electron chi connectivity index (χ1n) is 12.2. The Balaban J connectivity index is 1.88. The number of aryl methyl sites for hydroxylation is 2. The van der Waals surface area contributed by atoms with E-state index >= 15 is 0 Å². The van der Waals surface area contributed by atoms with Crippen LogP contribution in [0.3, 0.4) is 0 Å². The Bertz CT molecular complexity index is 1080. The van der Waals surface area contributed by atoms with Crippen LogP contribution in [0.5, 0.6) is 0 Å². The van der Waals surface area contributed by atoms with Crippen LogP contribution in [0.1, 0.15) is 42.5 Å². The summed E-state index contributed by atoms with van der Waals surface area (Å²) >= 11 is 6.09. The van der Waals surface area contributed by atoms with Gasteiger partial charge in [-0.05, 0) is 48.1 Å². The molecule has 0 bridgehead atoms. The number of rotatable bonds is 11. The van der Waals surface area contributed by atoms with E-state index in [4.69, 9.17) is 11.6 Å². The molecule has 3 aromatic rings. The maximum Gasteiger partial charge on any atom is 0.243 e. The molecule has 0 saturated heterocycles. The standard InChI is InChI=1S/C30H35ClN2O2/c1-22(2)20-32-30(35)28(19-25-7-5-4-6-8-25)33(21-26-13-16-27(31)17-14-26)29(34)18-15-24-11-9-23(3)10-12-24/h4-14,16-17,22,28H,15,18-21H2,1-3H3,(H,32,35). The number of hydrogen-bond donors (Lipinski definition) is 1. The van der Waals surface area contributed by atoms with Crippen molar-refractivity contribution in [1.29, 1.82) is 0 Å². The van der Waals surface area contributed by atoms with E-state index in [0.29, 0.717) is 43.3 Å². The van der Waals surface area contributed by atoms with Crippen molar-refractivity contribution in [3.8, 4) is 0 Å². The first-order chi connectivity index (χ1) is 16.8. The molecule has 1 N–H and O–H groups in total. The third-order valence-corrected chi connectivity index (χ3v) is 6.22. The molecule has 0 radical (unpaired) electrons. The lowest BCUT2D eigenvalue weighted by atomic mass is 10.0. The fraction of sp³-hybridized carbons (Fsp3) is 0.333. The van der Waals surface area contributed by atoms with Crippen molar-refractivity contribution in [3.05, 3.63) is 106 Å². The van der Waals surface area contributed by atoms with Gasteiger partial charge in [-0.25, -0.2) is 0 Å². The van der Waals surface area contributed by atoms with Crippen LogP contribution in [0.4, 0.5) is 0 Å². The molecule has 0 aliphatic heterocycles. The zero-order valence-corrected chi connectivity index (χ0v) is 21.6. The molecule has 0 fully saturated rings. The summed E-state index contributed by atoms with van der Waals surface area (Å²) < 4.78 is 0. The van der Waals surface area contributed by atoms with Crippen molar-refractivity contribution in [2.24, 2.45) is 5.92 Å². The fourth-order valence-electron chi connectivity index (χ4n) is 3.91. The third kappa shape index (κ3) is 8.56. The number of carbonyl (C=O) groups excluding carboxylic acids is 2. The minimum absolute atomic E-state index is 0.0406. The van der Waals surface area contributed by atoms with Crippen LogP contribution in [0.2, 0.25) is 5.02 Å². The topological polar surface area (TPSA) is 49.4 Å². The summed E-state index contributed by atoms with van der Waals surface area (Å²) in [4.78, 5) is 28.8. The highest BCUT2D eigenvalue weighted by atomic mass is 35.5. The maximum atomic E-state index is 13.6. The molecule has 1 unspecified atom stereocenters. The number of hydrogen-bond acceptors (Lipinski definition) is 2. The molecule has 0 aliphatic rings. The van der Waals surface area contributed by atoms with Gasteiger partial charge in [0.05, 0.1) is 0 Å². The van der Waals surface area contributed by atoms with Gasteiger partial charge in [0.1, 0.15) is 6.04 Å². The molecule has 3 rings (SSSR count).